The van der Waals surface area contributed by atoms with Gasteiger partial charge in [0.05, 0.1) is 17.7 Å². The summed E-state index contributed by atoms with van der Waals surface area (Å²) in [7, 11) is 0. The monoisotopic (exact) mass is 429 g/mol. The van der Waals surface area contributed by atoms with Gasteiger partial charge in [0.25, 0.3) is 0 Å². The lowest BCUT2D eigenvalue weighted by Crippen LogP contribution is -2.62. The van der Waals surface area contributed by atoms with E-state index in [4.69, 9.17) is 4.74 Å². The number of carbonyl (C=O) groups excluding carboxylic acids is 2. The van der Waals surface area contributed by atoms with Crippen molar-refractivity contribution >= 4 is 11.9 Å². The molecule has 3 aliphatic heterocycles. The molecule has 2 atom stereocenters. The fourth-order valence-corrected chi connectivity index (χ4v) is 4.49. The van der Waals surface area contributed by atoms with Crippen LogP contribution in [0.3, 0.4) is 0 Å². The highest BCUT2D eigenvalue weighted by Crippen LogP contribution is 2.35. The minimum absolute atomic E-state index is 0.0448. The number of carbonyl (C=O) groups is 2. The number of hydrogen-bond donors (Lipinski definition) is 1. The van der Waals surface area contributed by atoms with Gasteiger partial charge in [0.1, 0.15) is 12.4 Å². The average molecular weight is 429 g/mol. The summed E-state index contributed by atoms with van der Waals surface area (Å²) < 4.78 is 58.0. The second-order valence-electron chi connectivity index (χ2n) is 8.04. The van der Waals surface area contributed by atoms with Crippen LogP contribution in [0, 0.1) is 5.82 Å². The van der Waals surface area contributed by atoms with Gasteiger partial charge in [-0.1, -0.05) is 6.07 Å². The highest BCUT2D eigenvalue weighted by molar-refractivity contribution is 5.79. The number of morpholine rings is 1. The Morgan fingerprint density at radius 3 is 2.47 bits per heavy atom. The summed E-state index contributed by atoms with van der Waals surface area (Å²) >= 11 is 0. The minimum atomic E-state index is -4.58. The fraction of sp³-hybridized carbons (Fsp3) is 0.600. The second-order valence-corrected chi connectivity index (χ2v) is 8.04. The number of likely N-dealkylation sites (tertiary alicyclic amines) is 2. The van der Waals surface area contributed by atoms with Gasteiger partial charge in [-0.3, -0.25) is 4.79 Å². The third-order valence-electron chi connectivity index (χ3n) is 6.13. The van der Waals surface area contributed by atoms with Crippen LogP contribution < -0.4 is 5.32 Å². The van der Waals surface area contributed by atoms with Gasteiger partial charge < -0.3 is 19.9 Å². The molecule has 1 N–H and O–H groups in total. The average Bonchev–Trinajstić information content (AvgIpc) is 2.72. The van der Waals surface area contributed by atoms with Crippen molar-refractivity contribution in [3.63, 3.8) is 0 Å². The molecule has 0 saturated carbocycles. The number of ether oxygens (including phenoxy) is 1. The van der Waals surface area contributed by atoms with E-state index in [9.17, 15) is 27.2 Å². The number of amides is 3. The lowest BCUT2D eigenvalue weighted by molar-refractivity contribution is -0.140. The summed E-state index contributed by atoms with van der Waals surface area (Å²) in [6.45, 7) is 1.75. The van der Waals surface area contributed by atoms with Gasteiger partial charge in [-0.05, 0) is 42.9 Å². The van der Waals surface area contributed by atoms with Crippen LogP contribution in [0.4, 0.5) is 22.4 Å². The van der Waals surface area contributed by atoms with E-state index in [1.165, 1.54) is 6.07 Å². The number of benzene rings is 1. The van der Waals surface area contributed by atoms with Crippen LogP contribution in [0.25, 0.3) is 0 Å². The largest absolute Gasteiger partial charge is 0.416 e. The van der Waals surface area contributed by atoms with Gasteiger partial charge in [-0.2, -0.15) is 13.2 Å². The maximum Gasteiger partial charge on any atom is 0.416 e. The van der Waals surface area contributed by atoms with Crippen molar-refractivity contribution in [2.24, 2.45) is 0 Å². The zero-order valence-electron chi connectivity index (χ0n) is 16.3. The summed E-state index contributed by atoms with van der Waals surface area (Å²) in [5, 5.41) is 2.86. The van der Waals surface area contributed by atoms with Crippen LogP contribution in [-0.4, -0.2) is 66.7 Å². The Kier molecular flexibility index (Phi) is 5.61. The molecule has 1 aromatic carbocycles. The summed E-state index contributed by atoms with van der Waals surface area (Å²) in [4.78, 5) is 27.8. The van der Waals surface area contributed by atoms with E-state index < -0.39 is 17.6 Å². The number of urea groups is 1. The second kappa shape index (κ2) is 8.05. The maximum atomic E-state index is 14.3. The van der Waals surface area contributed by atoms with E-state index in [1.54, 1.807) is 9.80 Å². The van der Waals surface area contributed by atoms with Crippen molar-refractivity contribution in [2.45, 2.75) is 43.5 Å². The van der Waals surface area contributed by atoms with E-state index in [1.807, 2.05) is 0 Å². The molecule has 0 unspecified atom stereocenters. The molecule has 30 heavy (non-hydrogen) atoms. The predicted molar refractivity (Wildman–Crippen MR) is 98.2 cm³/mol. The van der Waals surface area contributed by atoms with E-state index >= 15 is 0 Å². The number of hydrogen-bond acceptors (Lipinski definition) is 3. The maximum absolute atomic E-state index is 14.3. The Morgan fingerprint density at radius 2 is 1.80 bits per heavy atom. The third kappa shape index (κ3) is 4.23. The first-order chi connectivity index (χ1) is 14.2. The highest BCUT2D eigenvalue weighted by atomic mass is 19.4. The van der Waals surface area contributed by atoms with Crippen LogP contribution in [-0.2, 0) is 15.7 Å². The van der Waals surface area contributed by atoms with Crippen LogP contribution in [0.15, 0.2) is 18.2 Å². The van der Waals surface area contributed by atoms with Gasteiger partial charge in [-0.25, -0.2) is 9.18 Å². The SMILES string of the molecule is O=C1CO[C@H]2CCN(C(=O)N3CCC(c4ccc(C(F)(F)F)cc4F)CC3)C[C@H]2N1. The van der Waals surface area contributed by atoms with Crippen LogP contribution in [0.2, 0.25) is 0 Å². The Bertz CT molecular complexity index is 824. The molecule has 164 valence electrons. The molecule has 0 aromatic heterocycles. The zero-order chi connectivity index (χ0) is 21.5. The minimum Gasteiger partial charge on any atom is -0.366 e. The number of piperidine rings is 2. The number of nitrogens with one attached hydrogen (secondary N) is 1. The summed E-state index contributed by atoms with van der Waals surface area (Å²) in [6, 6.07) is 2.29. The van der Waals surface area contributed by atoms with Gasteiger partial charge >= 0.3 is 12.2 Å². The summed E-state index contributed by atoms with van der Waals surface area (Å²) in [6.07, 6.45) is -3.06. The molecule has 3 amide bonds. The molecule has 4 rings (SSSR count). The van der Waals surface area contributed by atoms with Crippen molar-refractivity contribution < 1.29 is 31.9 Å². The smallest absolute Gasteiger partial charge is 0.366 e. The Hall–Kier alpha value is -2.36. The molecule has 0 bridgehead atoms. The van der Waals surface area contributed by atoms with Crippen LogP contribution in [0.1, 0.15) is 36.3 Å². The molecule has 3 aliphatic rings. The van der Waals surface area contributed by atoms with Crippen molar-refractivity contribution in [1.29, 1.82) is 0 Å². The van der Waals surface area contributed by atoms with Crippen molar-refractivity contribution in [3.05, 3.63) is 35.1 Å². The molecule has 3 fully saturated rings. The van der Waals surface area contributed by atoms with Gasteiger partial charge in [-0.15, -0.1) is 0 Å². The molecule has 0 radical (unpaired) electrons. The summed E-state index contributed by atoms with van der Waals surface area (Å²) in [5.74, 6) is -1.28. The highest BCUT2D eigenvalue weighted by Gasteiger charge is 2.38. The Morgan fingerprint density at radius 1 is 1.10 bits per heavy atom. The lowest BCUT2D eigenvalue weighted by atomic mass is 9.88. The standard InChI is InChI=1S/C20H23F4N3O3/c21-15-9-13(20(22,23)24)1-2-14(15)12-3-6-26(7-4-12)19(29)27-8-5-17-16(10-27)25-18(28)11-30-17/h1-2,9,12,16-17H,3-8,10-11H2,(H,25,28)/t16-,17+/m1/s1. The van der Waals surface area contributed by atoms with Crippen molar-refractivity contribution in [3.8, 4) is 0 Å². The number of nitrogens with zero attached hydrogens (tertiary/aromatic N) is 2. The van der Waals surface area contributed by atoms with Crippen molar-refractivity contribution in [2.75, 3.05) is 32.8 Å². The molecule has 0 spiro atoms. The van der Waals surface area contributed by atoms with E-state index in [0.717, 1.165) is 6.07 Å². The van der Waals surface area contributed by atoms with Crippen molar-refractivity contribution in [1.82, 2.24) is 15.1 Å². The van der Waals surface area contributed by atoms with E-state index in [2.05, 4.69) is 5.32 Å². The first-order valence-electron chi connectivity index (χ1n) is 10.0. The molecule has 6 nitrogen and oxygen atoms in total. The molecule has 3 saturated heterocycles. The molecular weight excluding hydrogens is 406 g/mol. The topological polar surface area (TPSA) is 61.9 Å². The van der Waals surface area contributed by atoms with E-state index in [0.29, 0.717) is 51.5 Å². The van der Waals surface area contributed by atoms with Gasteiger partial charge in [0.15, 0.2) is 0 Å². The Balaban J connectivity index is 1.34. The normalized spacial score (nSPS) is 25.7. The molecule has 10 heteroatoms. The molecular formula is C20H23F4N3O3. The summed E-state index contributed by atoms with van der Waals surface area (Å²) in [5.41, 5.74) is -0.739. The van der Waals surface area contributed by atoms with Gasteiger partial charge in [0, 0.05) is 26.2 Å². The molecule has 1 aromatic rings. The quantitative estimate of drug-likeness (QED) is 0.699. The van der Waals surface area contributed by atoms with Crippen LogP contribution in [0.5, 0.6) is 0 Å². The van der Waals surface area contributed by atoms with Gasteiger partial charge in [0.2, 0.25) is 5.91 Å². The van der Waals surface area contributed by atoms with E-state index in [-0.39, 0.29) is 42.2 Å². The number of fused-ring (bicyclic) bond motifs is 1. The lowest BCUT2D eigenvalue weighted by Gasteiger charge is -2.43. The number of halogens is 4. The Labute approximate surface area is 171 Å². The third-order valence-corrected chi connectivity index (χ3v) is 6.13. The first kappa shape index (κ1) is 20.9. The zero-order valence-corrected chi connectivity index (χ0v) is 16.3. The number of alkyl halides is 3. The predicted octanol–water partition coefficient (Wildman–Crippen LogP) is 2.73. The molecule has 0 aliphatic carbocycles. The van der Waals surface area contributed by atoms with Crippen LogP contribution >= 0.6 is 0 Å². The molecule has 3 heterocycles. The number of rotatable bonds is 1. The fourth-order valence-electron chi connectivity index (χ4n) is 4.49. The first-order valence-corrected chi connectivity index (χ1v) is 10.0.